The van der Waals surface area contributed by atoms with Gasteiger partial charge in [-0.05, 0) is 12.1 Å². The fourth-order valence-corrected chi connectivity index (χ4v) is 3.55. The van der Waals surface area contributed by atoms with Gasteiger partial charge in [0.05, 0.1) is 23.4 Å². The Morgan fingerprint density at radius 2 is 2.05 bits per heavy atom. The molecule has 0 atom stereocenters. The van der Waals surface area contributed by atoms with E-state index in [-0.39, 0.29) is 5.91 Å². The van der Waals surface area contributed by atoms with Crippen molar-refractivity contribution in [2.24, 2.45) is 0 Å². The Morgan fingerprint density at radius 1 is 1.36 bits per heavy atom. The first-order valence-corrected chi connectivity index (χ1v) is 8.58. The first-order chi connectivity index (χ1) is 10.6. The van der Waals surface area contributed by atoms with Crippen LogP contribution >= 0.6 is 22.9 Å². The molecule has 1 saturated heterocycles. The monoisotopic (exact) mass is 340 g/mol. The number of halogens is 1. The molecule has 2 rings (SSSR count). The minimum atomic E-state index is 0.0914. The average molecular weight is 341 g/mol. The number of piperazine rings is 1. The molecule has 0 bridgehead atoms. The second-order valence-electron chi connectivity index (χ2n) is 5.48. The van der Waals surface area contributed by atoms with Crippen molar-refractivity contribution in [3.05, 3.63) is 21.3 Å². The summed E-state index contributed by atoms with van der Waals surface area (Å²) in [7, 11) is 1.76. The van der Waals surface area contributed by atoms with Crippen LogP contribution in [0.4, 0.5) is 0 Å². The number of carbonyl (C=O) groups is 1. The van der Waals surface area contributed by atoms with Gasteiger partial charge in [-0.1, -0.05) is 11.6 Å². The van der Waals surface area contributed by atoms with Gasteiger partial charge in [0, 0.05) is 51.2 Å². The molecule has 0 unspecified atom stereocenters. The number of likely N-dealkylation sites (N-methyl/N-ethyl adjacent to an activating group) is 1. The van der Waals surface area contributed by atoms with Crippen LogP contribution in [0.2, 0.25) is 4.34 Å². The third kappa shape index (κ3) is 5.25. The Balaban J connectivity index is 1.70. The summed E-state index contributed by atoms with van der Waals surface area (Å²) in [5.74, 6) is 0.0914. The fourth-order valence-electron chi connectivity index (χ4n) is 2.42. The maximum Gasteiger partial charge on any atom is 0.236 e. The van der Waals surface area contributed by atoms with E-state index in [9.17, 15) is 4.79 Å². The molecule has 120 valence electrons. The SMILES string of the molecule is CN(CCC#N)C(=O)CN1CCN(Cc2ccc(Cl)s2)CC1. The summed E-state index contributed by atoms with van der Waals surface area (Å²) in [5.41, 5.74) is 0. The topological polar surface area (TPSA) is 50.6 Å². The molecule has 0 saturated carbocycles. The van der Waals surface area contributed by atoms with Gasteiger partial charge in [-0.3, -0.25) is 14.6 Å². The van der Waals surface area contributed by atoms with Crippen molar-refractivity contribution in [1.82, 2.24) is 14.7 Å². The Kier molecular flexibility index (Phi) is 6.65. The number of amides is 1. The molecule has 1 aromatic heterocycles. The molecule has 1 amide bonds. The molecule has 22 heavy (non-hydrogen) atoms. The minimum Gasteiger partial charge on any atom is -0.344 e. The standard InChI is InChI=1S/C15H21ClN4OS/c1-18(6-2-5-17)15(21)12-20-9-7-19(8-10-20)11-13-3-4-14(16)22-13/h3-4H,2,6-12H2,1H3. The second kappa shape index (κ2) is 8.49. The third-order valence-electron chi connectivity index (χ3n) is 3.82. The van der Waals surface area contributed by atoms with Gasteiger partial charge in [0.1, 0.15) is 0 Å². The summed E-state index contributed by atoms with van der Waals surface area (Å²) < 4.78 is 0.833. The molecule has 1 aliphatic rings. The summed E-state index contributed by atoms with van der Waals surface area (Å²) in [5, 5.41) is 8.56. The lowest BCUT2D eigenvalue weighted by Crippen LogP contribution is -2.49. The Labute approximate surface area is 140 Å². The van der Waals surface area contributed by atoms with Crippen LogP contribution in [-0.4, -0.2) is 66.9 Å². The van der Waals surface area contributed by atoms with Crippen molar-refractivity contribution < 1.29 is 4.79 Å². The smallest absolute Gasteiger partial charge is 0.236 e. The van der Waals surface area contributed by atoms with E-state index < -0.39 is 0 Å². The number of hydrogen-bond acceptors (Lipinski definition) is 5. The van der Waals surface area contributed by atoms with Crippen LogP contribution in [0.15, 0.2) is 12.1 Å². The van der Waals surface area contributed by atoms with Crippen LogP contribution in [-0.2, 0) is 11.3 Å². The summed E-state index contributed by atoms with van der Waals surface area (Å²) >= 11 is 7.58. The van der Waals surface area contributed by atoms with Crippen molar-refractivity contribution in [2.75, 3.05) is 46.3 Å². The van der Waals surface area contributed by atoms with Gasteiger partial charge in [-0.2, -0.15) is 5.26 Å². The third-order valence-corrected chi connectivity index (χ3v) is 5.03. The van der Waals surface area contributed by atoms with Gasteiger partial charge in [0.2, 0.25) is 5.91 Å². The molecular formula is C15H21ClN4OS. The predicted octanol–water partition coefficient (Wildman–Crippen LogP) is 1.89. The number of carbonyl (C=O) groups excluding carboxylic acids is 1. The van der Waals surface area contributed by atoms with Gasteiger partial charge in [-0.25, -0.2) is 0 Å². The normalized spacial score (nSPS) is 16.4. The lowest BCUT2D eigenvalue weighted by Gasteiger charge is -2.34. The highest BCUT2D eigenvalue weighted by atomic mass is 35.5. The van der Waals surface area contributed by atoms with Crippen molar-refractivity contribution in [1.29, 1.82) is 5.26 Å². The molecule has 1 aliphatic heterocycles. The molecule has 0 aromatic carbocycles. The lowest BCUT2D eigenvalue weighted by atomic mass is 10.3. The number of nitrogens with zero attached hydrogens (tertiary/aromatic N) is 4. The molecular weight excluding hydrogens is 320 g/mol. The zero-order chi connectivity index (χ0) is 15.9. The predicted molar refractivity (Wildman–Crippen MR) is 88.9 cm³/mol. The maximum atomic E-state index is 12.0. The van der Waals surface area contributed by atoms with Gasteiger partial charge < -0.3 is 4.90 Å². The van der Waals surface area contributed by atoms with Gasteiger partial charge in [-0.15, -0.1) is 11.3 Å². The molecule has 0 aliphatic carbocycles. The number of rotatable bonds is 6. The van der Waals surface area contributed by atoms with Gasteiger partial charge in [0.25, 0.3) is 0 Å². The molecule has 0 radical (unpaired) electrons. The molecule has 5 nitrogen and oxygen atoms in total. The highest BCUT2D eigenvalue weighted by molar-refractivity contribution is 7.16. The van der Waals surface area contributed by atoms with E-state index in [1.807, 2.05) is 6.07 Å². The van der Waals surface area contributed by atoms with Crippen LogP contribution in [0.3, 0.4) is 0 Å². The average Bonchev–Trinajstić information content (AvgIpc) is 2.91. The van der Waals surface area contributed by atoms with E-state index in [0.717, 1.165) is 37.1 Å². The molecule has 7 heteroatoms. The number of hydrogen-bond donors (Lipinski definition) is 0. The summed E-state index contributed by atoms with van der Waals surface area (Å²) in [6, 6.07) is 6.08. The summed E-state index contributed by atoms with van der Waals surface area (Å²) in [6.45, 7) is 5.61. The van der Waals surface area contributed by atoms with E-state index in [4.69, 9.17) is 16.9 Å². The highest BCUT2D eigenvalue weighted by Gasteiger charge is 2.20. The first kappa shape index (κ1) is 17.2. The Morgan fingerprint density at radius 3 is 2.64 bits per heavy atom. The van der Waals surface area contributed by atoms with E-state index in [2.05, 4.69) is 21.9 Å². The molecule has 0 spiro atoms. The molecule has 1 aromatic rings. The van der Waals surface area contributed by atoms with Crippen molar-refractivity contribution in [2.45, 2.75) is 13.0 Å². The van der Waals surface area contributed by atoms with E-state index in [0.29, 0.717) is 19.5 Å². The Bertz CT molecular complexity index is 534. The largest absolute Gasteiger partial charge is 0.344 e. The van der Waals surface area contributed by atoms with Crippen LogP contribution in [0, 0.1) is 11.3 Å². The van der Waals surface area contributed by atoms with E-state index in [1.54, 1.807) is 23.3 Å². The van der Waals surface area contributed by atoms with Crippen LogP contribution in [0.25, 0.3) is 0 Å². The fraction of sp³-hybridized carbons (Fsp3) is 0.600. The molecule has 2 heterocycles. The van der Waals surface area contributed by atoms with Crippen LogP contribution in [0.1, 0.15) is 11.3 Å². The molecule has 0 N–H and O–H groups in total. The first-order valence-electron chi connectivity index (χ1n) is 7.38. The van der Waals surface area contributed by atoms with Crippen molar-refractivity contribution >= 4 is 28.8 Å². The number of nitriles is 1. The van der Waals surface area contributed by atoms with Gasteiger partial charge >= 0.3 is 0 Å². The van der Waals surface area contributed by atoms with E-state index >= 15 is 0 Å². The van der Waals surface area contributed by atoms with Crippen LogP contribution in [0.5, 0.6) is 0 Å². The zero-order valence-electron chi connectivity index (χ0n) is 12.8. The number of thiophene rings is 1. The Hall–Kier alpha value is -1.13. The summed E-state index contributed by atoms with van der Waals surface area (Å²) in [6.07, 6.45) is 0.388. The van der Waals surface area contributed by atoms with Crippen molar-refractivity contribution in [3.63, 3.8) is 0 Å². The second-order valence-corrected chi connectivity index (χ2v) is 7.28. The van der Waals surface area contributed by atoms with Gasteiger partial charge in [0.15, 0.2) is 0 Å². The van der Waals surface area contributed by atoms with E-state index in [1.165, 1.54) is 4.88 Å². The van der Waals surface area contributed by atoms with Crippen molar-refractivity contribution in [3.8, 4) is 6.07 Å². The molecule has 1 fully saturated rings. The quantitative estimate of drug-likeness (QED) is 0.793. The summed E-state index contributed by atoms with van der Waals surface area (Å²) in [4.78, 5) is 19.5. The minimum absolute atomic E-state index is 0.0914. The van der Waals surface area contributed by atoms with Crippen LogP contribution < -0.4 is 0 Å². The highest BCUT2D eigenvalue weighted by Crippen LogP contribution is 2.23. The zero-order valence-corrected chi connectivity index (χ0v) is 14.4. The maximum absolute atomic E-state index is 12.0. The lowest BCUT2D eigenvalue weighted by molar-refractivity contribution is -0.131.